The van der Waals surface area contributed by atoms with Gasteiger partial charge in [0.15, 0.2) is 0 Å². The van der Waals surface area contributed by atoms with Crippen molar-refractivity contribution in [1.82, 2.24) is 20.3 Å². The lowest BCUT2D eigenvalue weighted by atomic mass is 9.92. The molecule has 0 unspecified atom stereocenters. The topological polar surface area (TPSA) is 119 Å². The Morgan fingerprint density at radius 2 is 1.93 bits per heavy atom. The van der Waals surface area contributed by atoms with Crippen LogP contribution in [0.5, 0.6) is 0 Å². The Labute approximate surface area is 242 Å². The van der Waals surface area contributed by atoms with Crippen molar-refractivity contribution in [2.24, 2.45) is 0 Å². The number of pyridine rings is 1. The molecule has 10 heteroatoms. The quantitative estimate of drug-likeness (QED) is 0.276. The van der Waals surface area contributed by atoms with Crippen LogP contribution in [0.3, 0.4) is 0 Å². The van der Waals surface area contributed by atoms with Gasteiger partial charge in [-0.2, -0.15) is 0 Å². The van der Waals surface area contributed by atoms with Crippen LogP contribution in [0.25, 0.3) is 0 Å². The van der Waals surface area contributed by atoms with Gasteiger partial charge in [0, 0.05) is 69.7 Å². The number of rotatable bonds is 11. The number of carbonyl (C=O) groups is 1. The molecule has 0 saturated carbocycles. The van der Waals surface area contributed by atoms with E-state index in [-0.39, 0.29) is 6.54 Å². The molecular weight excluding hydrogens is 516 g/mol. The summed E-state index contributed by atoms with van der Waals surface area (Å²) in [5, 5.41) is 19.8. The second-order valence-corrected chi connectivity index (χ2v) is 11.1. The Bertz CT molecular complexity index is 1320. The fraction of sp³-hybridized carbons (Fsp3) is 0.484. The van der Waals surface area contributed by atoms with Crippen molar-refractivity contribution in [2.45, 2.75) is 57.5 Å². The molecule has 218 valence electrons. The van der Waals surface area contributed by atoms with E-state index in [1.807, 2.05) is 43.3 Å². The predicted molar refractivity (Wildman–Crippen MR) is 164 cm³/mol. The smallest absolute Gasteiger partial charge is 0.322 e. The minimum absolute atomic E-state index is 0.217. The Morgan fingerprint density at radius 1 is 1.15 bits per heavy atom. The number of carboxylic acids is 1. The zero-order chi connectivity index (χ0) is 28.8. The largest absolute Gasteiger partial charge is 0.480 e. The van der Waals surface area contributed by atoms with Crippen LogP contribution in [-0.4, -0.2) is 72.3 Å². The maximum Gasteiger partial charge on any atom is 0.322 e. The number of benzene rings is 1. The molecule has 3 aromatic rings. The summed E-state index contributed by atoms with van der Waals surface area (Å²) in [6, 6.07) is 11.8. The van der Waals surface area contributed by atoms with Crippen molar-refractivity contribution in [3.63, 3.8) is 0 Å². The summed E-state index contributed by atoms with van der Waals surface area (Å²) in [6.45, 7) is 5.56. The van der Waals surface area contributed by atoms with Crippen LogP contribution in [-0.2, 0) is 24.2 Å². The van der Waals surface area contributed by atoms with Gasteiger partial charge in [0.05, 0.1) is 0 Å². The first-order valence-electron chi connectivity index (χ1n) is 14.7. The van der Waals surface area contributed by atoms with Crippen molar-refractivity contribution < 1.29 is 9.90 Å². The molecule has 1 aromatic carbocycles. The summed E-state index contributed by atoms with van der Waals surface area (Å²) in [6.07, 6.45) is 6.63. The summed E-state index contributed by atoms with van der Waals surface area (Å²) in [7, 11) is 3.99. The molecule has 2 aliphatic rings. The van der Waals surface area contributed by atoms with Crippen LogP contribution in [0, 0.1) is 0 Å². The summed E-state index contributed by atoms with van der Waals surface area (Å²) in [4.78, 5) is 30.5. The van der Waals surface area contributed by atoms with E-state index >= 15 is 0 Å². The van der Waals surface area contributed by atoms with Crippen LogP contribution < -0.4 is 25.8 Å². The number of anilines is 4. The molecule has 1 fully saturated rings. The second-order valence-electron chi connectivity index (χ2n) is 11.1. The molecule has 1 atom stereocenters. The Kier molecular flexibility index (Phi) is 9.18. The average molecular weight is 559 g/mol. The molecule has 2 aromatic heterocycles. The lowest BCUT2D eigenvalue weighted by Gasteiger charge is -2.34. The number of fused-ring (bicyclic) bond motifs is 1. The number of aryl methyl sites for hydroxylation is 1. The van der Waals surface area contributed by atoms with E-state index in [1.165, 1.54) is 17.7 Å². The second kappa shape index (κ2) is 13.2. The minimum Gasteiger partial charge on any atom is -0.480 e. The molecule has 0 aliphatic carbocycles. The minimum atomic E-state index is -0.900. The number of hydrogen-bond donors (Lipinski definition) is 4. The maximum atomic E-state index is 12.0. The highest BCUT2D eigenvalue weighted by Crippen LogP contribution is 2.33. The summed E-state index contributed by atoms with van der Waals surface area (Å²) >= 11 is 0. The molecule has 5 rings (SSSR count). The molecule has 1 saturated heterocycles. The lowest BCUT2D eigenvalue weighted by molar-refractivity contribution is -0.139. The molecule has 0 spiro atoms. The van der Waals surface area contributed by atoms with Crippen LogP contribution in [0.4, 0.5) is 23.1 Å². The zero-order valence-electron chi connectivity index (χ0n) is 24.4. The van der Waals surface area contributed by atoms with Gasteiger partial charge in [-0.15, -0.1) is 0 Å². The fourth-order valence-corrected chi connectivity index (χ4v) is 5.71. The van der Waals surface area contributed by atoms with E-state index in [4.69, 9.17) is 4.98 Å². The molecule has 0 bridgehead atoms. The average Bonchev–Trinajstić information content (AvgIpc) is 3.00. The first kappa shape index (κ1) is 28.6. The normalized spacial score (nSPS) is 16.0. The maximum absolute atomic E-state index is 12.0. The molecular formula is C31H42N8O2. The van der Waals surface area contributed by atoms with Crippen molar-refractivity contribution >= 4 is 29.1 Å². The number of piperidine rings is 1. The molecule has 0 amide bonds. The fourth-order valence-electron chi connectivity index (χ4n) is 5.71. The molecule has 0 radical (unpaired) electrons. The predicted octanol–water partition coefficient (Wildman–Crippen LogP) is 3.90. The lowest BCUT2D eigenvalue weighted by Crippen LogP contribution is -2.42. The van der Waals surface area contributed by atoms with Gasteiger partial charge < -0.3 is 25.5 Å². The molecule has 10 nitrogen and oxygen atoms in total. The number of nitrogens with one attached hydrogen (secondary N) is 3. The highest BCUT2D eigenvalue weighted by Gasteiger charge is 2.26. The van der Waals surface area contributed by atoms with Crippen molar-refractivity contribution in [3.8, 4) is 0 Å². The van der Waals surface area contributed by atoms with E-state index < -0.39 is 12.0 Å². The first-order valence-corrected chi connectivity index (χ1v) is 14.7. The first-order chi connectivity index (χ1) is 19.9. The van der Waals surface area contributed by atoms with E-state index in [9.17, 15) is 9.90 Å². The summed E-state index contributed by atoms with van der Waals surface area (Å²) in [5.74, 6) is 2.23. The number of aromatic nitrogens is 3. The highest BCUT2D eigenvalue weighted by molar-refractivity contribution is 5.74. The van der Waals surface area contributed by atoms with Crippen molar-refractivity contribution in [3.05, 3.63) is 65.1 Å². The standard InChI is InChI=1S/C31H42N8O2/c1-4-25-29(34-19-27(31(40)41)33-18-21-7-10-24(11-8-21)38(2)3)35-20-36-30(25)39-16-13-22(14-17-39)26-12-9-23-6-5-15-32-28(23)37-26/h7-12,20,22,27,33H,4-6,13-19H2,1-3H3,(H,32,37)(H,40,41)(H,34,35,36)/t27-/m0/s1. The monoisotopic (exact) mass is 558 g/mol. The van der Waals surface area contributed by atoms with E-state index in [0.29, 0.717) is 18.3 Å². The van der Waals surface area contributed by atoms with Gasteiger partial charge in [0.2, 0.25) is 0 Å². The molecule has 4 heterocycles. The highest BCUT2D eigenvalue weighted by atomic mass is 16.4. The Hall–Kier alpha value is -3.92. The number of nitrogens with zero attached hydrogens (tertiary/aromatic N) is 5. The van der Waals surface area contributed by atoms with Gasteiger partial charge in [-0.1, -0.05) is 25.1 Å². The molecule has 41 heavy (non-hydrogen) atoms. The number of aliphatic carboxylic acids is 1. The summed E-state index contributed by atoms with van der Waals surface area (Å²) in [5.41, 5.74) is 5.66. The van der Waals surface area contributed by atoms with E-state index in [2.05, 4.69) is 49.9 Å². The van der Waals surface area contributed by atoms with Gasteiger partial charge in [-0.3, -0.25) is 10.1 Å². The zero-order valence-corrected chi connectivity index (χ0v) is 24.4. The Balaban J connectivity index is 1.20. The van der Waals surface area contributed by atoms with Crippen LogP contribution >= 0.6 is 0 Å². The Morgan fingerprint density at radius 3 is 2.63 bits per heavy atom. The number of carboxylic acid groups (broad SMARTS) is 1. The third kappa shape index (κ3) is 6.87. The molecule has 4 N–H and O–H groups in total. The van der Waals surface area contributed by atoms with Gasteiger partial charge in [-0.05, 0) is 61.4 Å². The third-order valence-corrected chi connectivity index (χ3v) is 8.18. The van der Waals surface area contributed by atoms with E-state index in [1.54, 1.807) is 6.33 Å². The number of hydrogen-bond acceptors (Lipinski definition) is 9. The van der Waals surface area contributed by atoms with Gasteiger partial charge >= 0.3 is 5.97 Å². The van der Waals surface area contributed by atoms with Crippen LogP contribution in [0.1, 0.15) is 54.5 Å². The third-order valence-electron chi connectivity index (χ3n) is 8.18. The van der Waals surface area contributed by atoms with Gasteiger partial charge in [-0.25, -0.2) is 15.0 Å². The SMILES string of the molecule is CCc1c(NC[C@H](NCc2ccc(N(C)C)cc2)C(=O)O)ncnc1N1CCC(c2ccc3c(n2)NCCC3)CC1. The van der Waals surface area contributed by atoms with Gasteiger partial charge in [0.25, 0.3) is 0 Å². The van der Waals surface area contributed by atoms with Crippen molar-refractivity contribution in [1.29, 1.82) is 0 Å². The van der Waals surface area contributed by atoms with Crippen molar-refractivity contribution in [2.75, 3.05) is 60.7 Å². The van der Waals surface area contributed by atoms with Crippen LogP contribution in [0.2, 0.25) is 0 Å². The van der Waals surface area contributed by atoms with Gasteiger partial charge in [0.1, 0.15) is 29.8 Å². The summed E-state index contributed by atoms with van der Waals surface area (Å²) < 4.78 is 0. The van der Waals surface area contributed by atoms with E-state index in [0.717, 1.165) is 73.8 Å². The van der Waals surface area contributed by atoms with Crippen LogP contribution in [0.15, 0.2) is 42.7 Å². The molecule has 2 aliphatic heterocycles.